The largest absolute Gasteiger partial charge is 0.490 e. The van der Waals surface area contributed by atoms with Crippen LogP contribution < -0.4 is 14.8 Å². The molecule has 7 nitrogen and oxygen atoms in total. The molecule has 2 aromatic rings. The van der Waals surface area contributed by atoms with Crippen LogP contribution in [0.1, 0.15) is 25.8 Å². The number of ether oxygens (including phenoxy) is 2. The van der Waals surface area contributed by atoms with Crippen LogP contribution in [0.5, 0.6) is 11.5 Å². The van der Waals surface area contributed by atoms with Crippen LogP contribution in [0.4, 0.5) is 14.9 Å². The molecule has 0 unspecified atom stereocenters. The van der Waals surface area contributed by atoms with E-state index in [4.69, 9.17) is 21.1 Å². The summed E-state index contributed by atoms with van der Waals surface area (Å²) < 4.78 is 25.4. The van der Waals surface area contributed by atoms with Crippen molar-refractivity contribution < 1.29 is 28.2 Å². The third-order valence-corrected chi connectivity index (χ3v) is 6.24. The Morgan fingerprint density at radius 3 is 2.68 bits per heavy atom. The van der Waals surface area contributed by atoms with Gasteiger partial charge < -0.3 is 14.8 Å². The Labute approximate surface area is 213 Å². The van der Waals surface area contributed by atoms with Crippen molar-refractivity contribution >= 4 is 68.1 Å². The Bertz CT molecular complexity index is 1160. The number of amides is 3. The van der Waals surface area contributed by atoms with Crippen LogP contribution in [0.3, 0.4) is 0 Å². The SMILES string of the molecule is CCCOc1c(Br)cc(/C=C2\SC(=O)N(CC(=O)Nc3ccc(F)c(Cl)c3)C2=O)cc1OCC. The van der Waals surface area contributed by atoms with E-state index in [1.165, 1.54) is 12.1 Å². The summed E-state index contributed by atoms with van der Waals surface area (Å²) in [5.74, 6) is -0.771. The van der Waals surface area contributed by atoms with Gasteiger partial charge >= 0.3 is 0 Å². The fourth-order valence-electron chi connectivity index (χ4n) is 2.98. The van der Waals surface area contributed by atoms with Gasteiger partial charge in [0, 0.05) is 5.69 Å². The summed E-state index contributed by atoms with van der Waals surface area (Å²) in [7, 11) is 0. The van der Waals surface area contributed by atoms with Gasteiger partial charge in [0.25, 0.3) is 11.1 Å². The first-order chi connectivity index (χ1) is 16.2. The topological polar surface area (TPSA) is 84.9 Å². The molecular weight excluding hydrogens is 551 g/mol. The van der Waals surface area contributed by atoms with Gasteiger partial charge in [-0.25, -0.2) is 4.39 Å². The van der Waals surface area contributed by atoms with Crippen LogP contribution in [-0.2, 0) is 9.59 Å². The molecule has 0 radical (unpaired) electrons. The van der Waals surface area contributed by atoms with Crippen LogP contribution in [0.25, 0.3) is 6.08 Å². The van der Waals surface area contributed by atoms with Crippen LogP contribution in [0.15, 0.2) is 39.7 Å². The zero-order chi connectivity index (χ0) is 24.8. The standard InChI is InChI=1S/C23H21BrClFN2O5S/c1-3-7-33-21-15(24)8-13(9-18(21)32-4-2)10-19-22(30)28(23(31)34-19)12-20(29)27-14-5-6-17(26)16(25)11-14/h5-6,8-11H,3-4,7,12H2,1-2H3,(H,27,29)/b19-10-. The predicted octanol–water partition coefficient (Wildman–Crippen LogP) is 6.10. The lowest BCUT2D eigenvalue weighted by Crippen LogP contribution is -2.36. The predicted molar refractivity (Wildman–Crippen MR) is 134 cm³/mol. The molecule has 0 saturated carbocycles. The molecule has 1 aliphatic heterocycles. The Kier molecular flexibility index (Phi) is 8.98. The molecule has 180 valence electrons. The average molecular weight is 572 g/mol. The highest BCUT2D eigenvalue weighted by atomic mass is 79.9. The number of imide groups is 1. The summed E-state index contributed by atoms with van der Waals surface area (Å²) in [5.41, 5.74) is 0.868. The van der Waals surface area contributed by atoms with Gasteiger partial charge in [-0.3, -0.25) is 19.3 Å². The van der Waals surface area contributed by atoms with E-state index in [1.807, 2.05) is 13.8 Å². The molecule has 0 aromatic heterocycles. The van der Waals surface area contributed by atoms with E-state index >= 15 is 0 Å². The first-order valence-corrected chi connectivity index (χ1v) is 12.3. The van der Waals surface area contributed by atoms with Gasteiger partial charge in [-0.05, 0) is 83.0 Å². The summed E-state index contributed by atoms with van der Waals surface area (Å²) in [6, 6.07) is 7.15. The summed E-state index contributed by atoms with van der Waals surface area (Å²) in [6.45, 7) is 4.29. The molecule has 2 aromatic carbocycles. The van der Waals surface area contributed by atoms with Gasteiger partial charge in [-0.15, -0.1) is 0 Å². The number of nitrogens with zero attached hydrogens (tertiary/aromatic N) is 1. The summed E-state index contributed by atoms with van der Waals surface area (Å²) in [5, 5.41) is 1.76. The van der Waals surface area contributed by atoms with Gasteiger partial charge in [-0.2, -0.15) is 0 Å². The highest BCUT2D eigenvalue weighted by molar-refractivity contribution is 9.10. The van der Waals surface area contributed by atoms with Crippen molar-refractivity contribution in [1.29, 1.82) is 0 Å². The first-order valence-electron chi connectivity index (χ1n) is 10.3. The van der Waals surface area contributed by atoms with Gasteiger partial charge in [-0.1, -0.05) is 18.5 Å². The molecule has 3 rings (SSSR count). The molecule has 1 fully saturated rings. The number of carbonyl (C=O) groups excluding carboxylic acids is 3. The zero-order valence-electron chi connectivity index (χ0n) is 18.3. The molecule has 1 aliphatic rings. The molecule has 0 bridgehead atoms. The van der Waals surface area contributed by atoms with Crippen molar-refractivity contribution in [2.45, 2.75) is 20.3 Å². The third kappa shape index (κ3) is 6.31. The van der Waals surface area contributed by atoms with E-state index in [-0.39, 0.29) is 15.6 Å². The van der Waals surface area contributed by atoms with Crippen molar-refractivity contribution in [3.63, 3.8) is 0 Å². The molecule has 11 heteroatoms. The van der Waals surface area contributed by atoms with Crippen LogP contribution >= 0.6 is 39.3 Å². The number of nitrogens with one attached hydrogen (secondary N) is 1. The minimum Gasteiger partial charge on any atom is -0.490 e. The number of carbonyl (C=O) groups is 3. The molecule has 0 aliphatic carbocycles. The van der Waals surface area contributed by atoms with Gasteiger partial charge in [0.15, 0.2) is 11.5 Å². The van der Waals surface area contributed by atoms with Gasteiger partial charge in [0.05, 0.1) is 27.6 Å². The van der Waals surface area contributed by atoms with Crippen molar-refractivity contribution in [3.05, 3.63) is 56.1 Å². The van der Waals surface area contributed by atoms with Crippen molar-refractivity contribution in [3.8, 4) is 11.5 Å². The molecule has 3 amide bonds. The second-order valence-electron chi connectivity index (χ2n) is 7.06. The molecule has 1 heterocycles. The maximum atomic E-state index is 13.3. The number of rotatable bonds is 9. The lowest BCUT2D eigenvalue weighted by Gasteiger charge is -2.14. The molecule has 1 saturated heterocycles. The monoisotopic (exact) mass is 570 g/mol. The summed E-state index contributed by atoms with van der Waals surface area (Å²) >= 11 is 9.91. The van der Waals surface area contributed by atoms with E-state index in [0.717, 1.165) is 29.1 Å². The maximum absolute atomic E-state index is 13.3. The Hall–Kier alpha value is -2.56. The Morgan fingerprint density at radius 2 is 2.00 bits per heavy atom. The van der Waals surface area contributed by atoms with Crippen LogP contribution in [0, 0.1) is 5.82 Å². The fraction of sp³-hybridized carbons (Fsp3) is 0.261. The number of hydrogen-bond donors (Lipinski definition) is 1. The second kappa shape index (κ2) is 11.7. The number of anilines is 1. The summed E-state index contributed by atoms with van der Waals surface area (Å²) in [6.07, 6.45) is 2.38. The van der Waals surface area contributed by atoms with Gasteiger partial charge in [0.1, 0.15) is 12.4 Å². The van der Waals surface area contributed by atoms with E-state index in [0.29, 0.717) is 34.7 Å². The Balaban J connectivity index is 1.76. The number of hydrogen-bond acceptors (Lipinski definition) is 6. The maximum Gasteiger partial charge on any atom is 0.294 e. The average Bonchev–Trinajstić information content (AvgIpc) is 3.03. The van der Waals surface area contributed by atoms with E-state index in [9.17, 15) is 18.8 Å². The fourth-order valence-corrected chi connectivity index (χ4v) is 4.58. The normalized spacial score (nSPS) is 14.6. The van der Waals surface area contributed by atoms with Crippen molar-refractivity contribution in [1.82, 2.24) is 4.90 Å². The minimum absolute atomic E-state index is 0.157. The first kappa shape index (κ1) is 26.1. The van der Waals surface area contributed by atoms with Crippen molar-refractivity contribution in [2.75, 3.05) is 25.1 Å². The van der Waals surface area contributed by atoms with E-state index in [2.05, 4.69) is 21.2 Å². The number of halogens is 3. The van der Waals surface area contributed by atoms with Crippen LogP contribution in [0.2, 0.25) is 5.02 Å². The second-order valence-corrected chi connectivity index (χ2v) is 9.31. The molecule has 0 spiro atoms. The molecular formula is C23H21BrClFN2O5S. The third-order valence-electron chi connectivity index (χ3n) is 4.46. The number of thioether (sulfide) groups is 1. The Morgan fingerprint density at radius 1 is 1.24 bits per heavy atom. The van der Waals surface area contributed by atoms with E-state index < -0.39 is 29.4 Å². The zero-order valence-corrected chi connectivity index (χ0v) is 21.5. The quantitative estimate of drug-likeness (QED) is 0.366. The van der Waals surface area contributed by atoms with Crippen molar-refractivity contribution in [2.24, 2.45) is 0 Å². The highest BCUT2D eigenvalue weighted by Gasteiger charge is 2.36. The molecule has 1 N–H and O–H groups in total. The minimum atomic E-state index is -0.625. The molecule has 0 atom stereocenters. The summed E-state index contributed by atoms with van der Waals surface area (Å²) in [4.78, 5) is 38.6. The lowest BCUT2D eigenvalue weighted by molar-refractivity contribution is -0.127. The molecule has 34 heavy (non-hydrogen) atoms. The van der Waals surface area contributed by atoms with Gasteiger partial charge in [0.2, 0.25) is 5.91 Å². The smallest absolute Gasteiger partial charge is 0.294 e. The van der Waals surface area contributed by atoms with Crippen LogP contribution in [-0.4, -0.2) is 41.7 Å². The lowest BCUT2D eigenvalue weighted by atomic mass is 10.2. The highest BCUT2D eigenvalue weighted by Crippen LogP contribution is 2.39. The number of benzene rings is 2. The van der Waals surface area contributed by atoms with E-state index in [1.54, 1.807) is 18.2 Å².